The van der Waals surface area contributed by atoms with Gasteiger partial charge in [0.05, 0.1) is 7.11 Å². The maximum atomic E-state index is 13.1. The van der Waals surface area contributed by atoms with Gasteiger partial charge in [-0.25, -0.2) is 4.79 Å². The van der Waals surface area contributed by atoms with Crippen LogP contribution in [0, 0.1) is 0 Å². The zero-order chi connectivity index (χ0) is 22.5. The fraction of sp³-hybridized carbons (Fsp3) is 0.423. The lowest BCUT2D eigenvalue weighted by Gasteiger charge is -2.23. The largest absolute Gasteiger partial charge is 0.496 e. The Morgan fingerprint density at radius 2 is 1.88 bits per heavy atom. The van der Waals surface area contributed by atoms with Crippen molar-refractivity contribution in [1.82, 2.24) is 5.32 Å². The molecule has 0 aromatic heterocycles. The number of nitrogens with zero attached hydrogens (tertiary/aromatic N) is 1. The number of thioether (sulfide) groups is 1. The van der Waals surface area contributed by atoms with E-state index in [1.807, 2.05) is 48.6 Å². The Balaban J connectivity index is 1.53. The quantitative estimate of drug-likeness (QED) is 0.541. The average molecular weight is 452 g/mol. The number of carbonyl (C=O) groups excluding carboxylic acids is 2. The second-order valence-electron chi connectivity index (χ2n) is 8.55. The third kappa shape index (κ3) is 5.07. The van der Waals surface area contributed by atoms with Crippen LogP contribution in [0.1, 0.15) is 50.5 Å². The summed E-state index contributed by atoms with van der Waals surface area (Å²) in [6.07, 6.45) is 15.9. The summed E-state index contributed by atoms with van der Waals surface area (Å²) in [7, 11) is 3.41. The van der Waals surface area contributed by atoms with Crippen LogP contribution in [0.25, 0.3) is 6.08 Å². The molecule has 2 amide bonds. The van der Waals surface area contributed by atoms with Crippen LogP contribution in [0.5, 0.6) is 5.75 Å². The van der Waals surface area contributed by atoms with Crippen LogP contribution in [0.2, 0.25) is 0 Å². The molecule has 1 unspecified atom stereocenters. The third-order valence-corrected chi connectivity index (χ3v) is 7.53. The fourth-order valence-electron chi connectivity index (χ4n) is 4.47. The summed E-state index contributed by atoms with van der Waals surface area (Å²) < 4.78 is 7.08. The number of nitrogens with one attached hydrogen (secondary N) is 1. The minimum absolute atomic E-state index is 0.00315. The van der Waals surface area contributed by atoms with E-state index in [0.717, 1.165) is 29.9 Å². The highest BCUT2D eigenvalue weighted by atomic mass is 32.2. The van der Waals surface area contributed by atoms with Crippen LogP contribution in [0.15, 0.2) is 53.0 Å². The van der Waals surface area contributed by atoms with Gasteiger partial charge in [0.15, 0.2) is 0 Å². The number of allylic oxidation sites excluding steroid dienone is 1. The van der Waals surface area contributed by atoms with E-state index in [0.29, 0.717) is 10.5 Å². The van der Waals surface area contributed by atoms with Crippen molar-refractivity contribution in [3.8, 4) is 5.75 Å². The summed E-state index contributed by atoms with van der Waals surface area (Å²) in [6, 6.07) is 7.91. The van der Waals surface area contributed by atoms with E-state index in [1.165, 1.54) is 43.9 Å². The molecule has 2 aliphatic carbocycles. The van der Waals surface area contributed by atoms with Crippen molar-refractivity contribution in [2.75, 3.05) is 14.2 Å². The smallest absolute Gasteiger partial charge is 0.425 e. The molecule has 0 radical (unpaired) electrons. The molecule has 5 nitrogen and oxygen atoms in total. The van der Waals surface area contributed by atoms with Gasteiger partial charge < -0.3 is 10.1 Å². The topological polar surface area (TPSA) is 58.4 Å². The molecule has 1 atom stereocenters. The minimum Gasteiger partial charge on any atom is -0.496 e. The Hall–Kier alpha value is -2.60. The molecule has 1 heterocycles. The Labute approximate surface area is 194 Å². The molecule has 1 aromatic carbocycles. The van der Waals surface area contributed by atoms with E-state index in [9.17, 15) is 9.59 Å². The molecular weight excluding hydrogens is 420 g/mol. The zero-order valence-corrected chi connectivity index (χ0v) is 19.6. The molecule has 3 aliphatic rings. The maximum absolute atomic E-state index is 13.1. The van der Waals surface area contributed by atoms with Gasteiger partial charge in [-0.1, -0.05) is 74.2 Å². The van der Waals surface area contributed by atoms with E-state index >= 15 is 0 Å². The lowest BCUT2D eigenvalue weighted by atomic mass is 9.96. The molecule has 32 heavy (non-hydrogen) atoms. The molecule has 1 aromatic rings. The summed E-state index contributed by atoms with van der Waals surface area (Å²) in [5.41, 5.74) is 2.34. The number of hydrogen-bond acceptors (Lipinski definition) is 4. The van der Waals surface area contributed by atoms with E-state index in [1.54, 1.807) is 18.7 Å². The second-order valence-corrected chi connectivity index (χ2v) is 9.74. The molecule has 6 heteroatoms. The first kappa shape index (κ1) is 22.6. The monoisotopic (exact) mass is 451 g/mol. The predicted molar refractivity (Wildman–Crippen MR) is 130 cm³/mol. The number of rotatable bonds is 4. The highest BCUT2D eigenvalue weighted by molar-refractivity contribution is 8.05. The van der Waals surface area contributed by atoms with E-state index in [4.69, 9.17) is 4.74 Å². The first-order valence-electron chi connectivity index (χ1n) is 11.4. The summed E-state index contributed by atoms with van der Waals surface area (Å²) in [5.74, 6) is 0.621. The molecule has 1 fully saturated rings. The van der Waals surface area contributed by atoms with Gasteiger partial charge in [-0.2, -0.15) is 4.58 Å². The predicted octanol–water partition coefficient (Wildman–Crippen LogP) is 4.49. The normalized spacial score (nSPS) is 23.3. The van der Waals surface area contributed by atoms with Crippen molar-refractivity contribution in [1.29, 1.82) is 0 Å². The van der Waals surface area contributed by atoms with Gasteiger partial charge in [0.2, 0.25) is 5.71 Å². The standard InChI is InChI=1S/C26H30N2O3S/c1-28-21-16-19(25(29)27-20-11-6-4-3-5-7-12-20)14-15-23(21)32-24(26(28)30)17-18-10-8-9-13-22(18)31-2/h8-10,13-17,20,23H,3-7,11-12H2,1-2H3/p+1/b24-17+. The van der Waals surface area contributed by atoms with Crippen molar-refractivity contribution in [3.05, 3.63) is 58.5 Å². The number of para-hydroxylation sites is 1. The Morgan fingerprint density at radius 3 is 2.62 bits per heavy atom. The Kier molecular flexibility index (Phi) is 7.30. The van der Waals surface area contributed by atoms with Gasteiger partial charge in [-0.05, 0) is 25.0 Å². The van der Waals surface area contributed by atoms with Crippen LogP contribution in [0.3, 0.4) is 0 Å². The van der Waals surface area contributed by atoms with Crippen molar-refractivity contribution >= 4 is 35.4 Å². The number of hydrogen-bond donors (Lipinski definition) is 1. The van der Waals surface area contributed by atoms with Crippen LogP contribution < -0.4 is 10.1 Å². The highest BCUT2D eigenvalue weighted by Crippen LogP contribution is 2.34. The van der Waals surface area contributed by atoms with Crippen LogP contribution in [0.4, 0.5) is 0 Å². The second kappa shape index (κ2) is 10.3. The van der Waals surface area contributed by atoms with Crippen LogP contribution in [-0.4, -0.2) is 47.6 Å². The number of fused-ring (bicyclic) bond motifs is 1. The first-order valence-corrected chi connectivity index (χ1v) is 12.3. The summed E-state index contributed by atoms with van der Waals surface area (Å²) >= 11 is 1.51. The maximum Gasteiger partial charge on any atom is 0.425 e. The van der Waals surface area contributed by atoms with E-state index in [-0.39, 0.29) is 23.1 Å². The molecule has 1 saturated carbocycles. The summed E-state index contributed by atoms with van der Waals surface area (Å²) in [5, 5.41) is 3.22. The summed E-state index contributed by atoms with van der Waals surface area (Å²) in [6.45, 7) is 0. The Morgan fingerprint density at radius 1 is 1.16 bits per heavy atom. The van der Waals surface area contributed by atoms with Crippen molar-refractivity contribution in [2.45, 2.75) is 56.2 Å². The van der Waals surface area contributed by atoms with E-state index in [2.05, 4.69) is 5.32 Å². The van der Waals surface area contributed by atoms with Gasteiger partial charge in [-0.3, -0.25) is 4.79 Å². The molecule has 168 valence electrons. The lowest BCUT2D eigenvalue weighted by molar-refractivity contribution is -0.413. The van der Waals surface area contributed by atoms with Crippen molar-refractivity contribution in [2.24, 2.45) is 0 Å². The van der Waals surface area contributed by atoms with Gasteiger partial charge in [0.1, 0.15) is 23.0 Å². The van der Waals surface area contributed by atoms with Crippen molar-refractivity contribution < 1.29 is 18.9 Å². The third-order valence-electron chi connectivity index (χ3n) is 6.33. The molecule has 0 bridgehead atoms. The average Bonchev–Trinajstić information content (AvgIpc) is 2.79. The zero-order valence-electron chi connectivity index (χ0n) is 18.8. The highest BCUT2D eigenvalue weighted by Gasteiger charge is 2.38. The fourth-order valence-corrected chi connectivity index (χ4v) is 5.68. The first-order chi connectivity index (χ1) is 15.6. The Bertz CT molecular complexity index is 1010. The molecule has 4 rings (SSSR count). The van der Waals surface area contributed by atoms with Crippen molar-refractivity contribution in [3.63, 3.8) is 0 Å². The number of carbonyl (C=O) groups is 2. The van der Waals surface area contributed by atoms with Gasteiger partial charge >= 0.3 is 5.91 Å². The van der Waals surface area contributed by atoms with E-state index < -0.39 is 0 Å². The van der Waals surface area contributed by atoms with Crippen LogP contribution >= 0.6 is 11.8 Å². The number of benzene rings is 1. The lowest BCUT2D eigenvalue weighted by Crippen LogP contribution is -2.39. The SMILES string of the molecule is COc1ccccc1/C=C1/SC2C=CC(C(=O)NC3CCCCCCC3)=CC2=[N+](C)C1=O. The van der Waals surface area contributed by atoms with Crippen LogP contribution in [-0.2, 0) is 9.59 Å². The number of ether oxygens (including phenoxy) is 1. The minimum atomic E-state index is -0.0708. The number of methoxy groups -OCH3 is 1. The van der Waals surface area contributed by atoms with Gasteiger partial charge in [0, 0.05) is 23.3 Å². The number of likely N-dealkylation sites (N-methyl/N-ethyl adjacent to an activating group) is 1. The van der Waals surface area contributed by atoms with Gasteiger partial charge in [0.25, 0.3) is 5.91 Å². The molecule has 1 aliphatic heterocycles. The summed E-state index contributed by atoms with van der Waals surface area (Å²) in [4.78, 5) is 26.7. The molecule has 0 spiro atoms. The van der Waals surface area contributed by atoms with Gasteiger partial charge in [-0.15, -0.1) is 0 Å². The number of amides is 2. The molecule has 0 saturated heterocycles. The molecule has 1 N–H and O–H groups in total. The molecular formula is C26H31N2O3S+.